The fourth-order valence-electron chi connectivity index (χ4n) is 3.59. The van der Waals surface area contributed by atoms with E-state index in [0.29, 0.717) is 24.0 Å². The number of benzene rings is 1. The molecule has 1 aliphatic carbocycles. The molecule has 0 spiro atoms. The van der Waals surface area contributed by atoms with Gasteiger partial charge in [0.05, 0.1) is 0 Å². The molecular weight excluding hydrogens is 275 g/mol. The van der Waals surface area contributed by atoms with E-state index in [9.17, 15) is 4.39 Å². The highest BCUT2D eigenvalue weighted by Crippen LogP contribution is 2.40. The van der Waals surface area contributed by atoms with Crippen molar-refractivity contribution < 1.29 is 4.39 Å². The van der Waals surface area contributed by atoms with Crippen LogP contribution in [0.3, 0.4) is 0 Å². The number of rotatable bonds is 2. The summed E-state index contributed by atoms with van der Waals surface area (Å²) in [5.74, 6) is 0.451. The molecule has 1 N–H and O–H groups in total. The highest BCUT2D eigenvalue weighted by molar-refractivity contribution is 5.85. The van der Waals surface area contributed by atoms with Crippen molar-refractivity contribution in [1.29, 1.82) is 0 Å². The Labute approximate surface area is 127 Å². The van der Waals surface area contributed by atoms with E-state index >= 15 is 0 Å². The number of nitrogens with zero attached hydrogens (tertiary/aromatic N) is 1. The lowest BCUT2D eigenvalue weighted by Gasteiger charge is -2.47. The first-order valence-corrected chi connectivity index (χ1v) is 7.37. The van der Waals surface area contributed by atoms with Crippen molar-refractivity contribution in [3.63, 3.8) is 0 Å². The van der Waals surface area contributed by atoms with Gasteiger partial charge in [-0.1, -0.05) is 12.1 Å². The van der Waals surface area contributed by atoms with Gasteiger partial charge < -0.3 is 5.32 Å². The lowest BCUT2D eigenvalue weighted by atomic mass is 9.74. The molecule has 0 radical (unpaired) electrons. The molecule has 2 nitrogen and oxygen atoms in total. The molecule has 4 heteroatoms. The molecule has 112 valence electrons. The minimum atomic E-state index is -0.106. The van der Waals surface area contributed by atoms with Gasteiger partial charge in [-0.15, -0.1) is 12.4 Å². The maximum atomic E-state index is 13.2. The standard InChI is InChI=1S/C16H23FN2.ClH/c1-11-9-19(10-12(2)18-11)16-7-14(8-16)13-4-3-5-15(17)6-13;/h3-6,11-12,14,16,18H,7-10H2,1-2H3;1H. The van der Waals surface area contributed by atoms with Gasteiger partial charge in [0.1, 0.15) is 5.82 Å². The second-order valence-electron chi connectivity index (χ2n) is 6.30. The number of piperazine rings is 1. The summed E-state index contributed by atoms with van der Waals surface area (Å²) in [5, 5.41) is 3.57. The first-order chi connectivity index (χ1) is 9.11. The Morgan fingerprint density at radius 2 is 1.80 bits per heavy atom. The maximum absolute atomic E-state index is 13.2. The molecule has 3 rings (SSSR count). The Kier molecular flexibility index (Phi) is 5.05. The van der Waals surface area contributed by atoms with Crippen molar-refractivity contribution in [2.24, 2.45) is 0 Å². The maximum Gasteiger partial charge on any atom is 0.123 e. The number of halogens is 2. The van der Waals surface area contributed by atoms with Crippen LogP contribution in [-0.4, -0.2) is 36.1 Å². The van der Waals surface area contributed by atoms with Crippen LogP contribution >= 0.6 is 12.4 Å². The van der Waals surface area contributed by atoms with Gasteiger partial charge in [-0.3, -0.25) is 4.90 Å². The smallest absolute Gasteiger partial charge is 0.123 e. The minimum absolute atomic E-state index is 0. The minimum Gasteiger partial charge on any atom is -0.309 e. The van der Waals surface area contributed by atoms with Gasteiger partial charge in [0.25, 0.3) is 0 Å². The molecule has 2 unspecified atom stereocenters. The zero-order valence-electron chi connectivity index (χ0n) is 12.2. The van der Waals surface area contributed by atoms with Crippen molar-refractivity contribution in [3.8, 4) is 0 Å². The third-order valence-electron chi connectivity index (χ3n) is 4.54. The summed E-state index contributed by atoms with van der Waals surface area (Å²) in [6, 6.07) is 8.97. The van der Waals surface area contributed by atoms with Crippen LogP contribution in [0.5, 0.6) is 0 Å². The van der Waals surface area contributed by atoms with Crippen LogP contribution in [0.25, 0.3) is 0 Å². The average Bonchev–Trinajstić information content (AvgIpc) is 2.25. The van der Waals surface area contributed by atoms with Crippen molar-refractivity contribution in [1.82, 2.24) is 10.2 Å². The highest BCUT2D eigenvalue weighted by Gasteiger charge is 2.36. The van der Waals surface area contributed by atoms with Crippen molar-refractivity contribution in [3.05, 3.63) is 35.6 Å². The first kappa shape index (κ1) is 15.7. The van der Waals surface area contributed by atoms with Crippen molar-refractivity contribution in [2.75, 3.05) is 13.1 Å². The molecule has 1 aromatic rings. The number of nitrogens with one attached hydrogen (secondary N) is 1. The predicted molar refractivity (Wildman–Crippen MR) is 83.0 cm³/mol. The Bertz CT molecular complexity index is 438. The molecule has 2 fully saturated rings. The van der Waals surface area contributed by atoms with E-state index in [0.717, 1.165) is 13.1 Å². The van der Waals surface area contributed by atoms with Gasteiger partial charge in [-0.2, -0.15) is 0 Å². The van der Waals surface area contributed by atoms with Crippen LogP contribution in [0.1, 0.15) is 38.2 Å². The van der Waals surface area contributed by atoms with Crippen molar-refractivity contribution >= 4 is 12.4 Å². The molecule has 1 saturated heterocycles. The Hall–Kier alpha value is -0.640. The Balaban J connectivity index is 0.00000147. The third kappa shape index (κ3) is 3.33. The van der Waals surface area contributed by atoms with E-state index in [1.807, 2.05) is 6.07 Å². The largest absolute Gasteiger partial charge is 0.309 e. The summed E-state index contributed by atoms with van der Waals surface area (Å²) in [6.45, 7) is 6.80. The monoisotopic (exact) mass is 298 g/mol. The van der Waals surface area contributed by atoms with Gasteiger partial charge in [-0.25, -0.2) is 4.39 Å². The molecule has 2 aliphatic rings. The second-order valence-corrected chi connectivity index (χ2v) is 6.30. The number of hydrogen-bond donors (Lipinski definition) is 1. The second kappa shape index (κ2) is 6.42. The van der Waals surface area contributed by atoms with E-state index in [1.54, 1.807) is 6.07 Å². The van der Waals surface area contributed by atoms with E-state index in [2.05, 4.69) is 30.1 Å². The Morgan fingerprint density at radius 1 is 1.15 bits per heavy atom. The normalized spacial score (nSPS) is 34.1. The molecule has 0 bridgehead atoms. The van der Waals surface area contributed by atoms with E-state index in [1.165, 1.54) is 24.5 Å². The molecule has 2 atom stereocenters. The zero-order valence-corrected chi connectivity index (χ0v) is 13.0. The molecule has 0 aromatic heterocycles. The predicted octanol–water partition coefficient (Wildman–Crippen LogP) is 3.18. The molecule has 1 heterocycles. The van der Waals surface area contributed by atoms with Crippen LogP contribution in [0.4, 0.5) is 4.39 Å². The van der Waals surface area contributed by atoms with Gasteiger partial charge >= 0.3 is 0 Å². The highest BCUT2D eigenvalue weighted by atomic mass is 35.5. The van der Waals surface area contributed by atoms with Crippen LogP contribution in [0.2, 0.25) is 0 Å². The summed E-state index contributed by atoms with van der Waals surface area (Å²) >= 11 is 0. The zero-order chi connectivity index (χ0) is 13.4. The van der Waals surface area contributed by atoms with Gasteiger partial charge in [0, 0.05) is 31.2 Å². The van der Waals surface area contributed by atoms with Crippen molar-refractivity contribution in [2.45, 2.75) is 50.7 Å². The molecule has 0 amide bonds. The summed E-state index contributed by atoms with van der Waals surface area (Å²) in [4.78, 5) is 2.61. The van der Waals surface area contributed by atoms with Crippen LogP contribution in [0, 0.1) is 5.82 Å². The quantitative estimate of drug-likeness (QED) is 0.902. The molecular formula is C16H24ClFN2. The first-order valence-electron chi connectivity index (χ1n) is 7.37. The van der Waals surface area contributed by atoms with E-state index in [-0.39, 0.29) is 18.2 Å². The number of hydrogen-bond acceptors (Lipinski definition) is 2. The molecule has 1 aliphatic heterocycles. The summed E-state index contributed by atoms with van der Waals surface area (Å²) in [6.07, 6.45) is 2.37. The van der Waals surface area contributed by atoms with E-state index in [4.69, 9.17) is 0 Å². The lowest BCUT2D eigenvalue weighted by Crippen LogP contribution is -2.59. The fourth-order valence-corrected chi connectivity index (χ4v) is 3.59. The molecule has 1 aromatic carbocycles. The summed E-state index contributed by atoms with van der Waals surface area (Å²) in [5.41, 5.74) is 1.17. The van der Waals surface area contributed by atoms with E-state index < -0.39 is 0 Å². The molecule has 1 saturated carbocycles. The Morgan fingerprint density at radius 3 is 2.40 bits per heavy atom. The average molecular weight is 299 g/mol. The fraction of sp³-hybridized carbons (Fsp3) is 0.625. The molecule has 20 heavy (non-hydrogen) atoms. The van der Waals surface area contributed by atoms with Gasteiger partial charge in [-0.05, 0) is 50.3 Å². The summed E-state index contributed by atoms with van der Waals surface area (Å²) in [7, 11) is 0. The lowest BCUT2D eigenvalue weighted by molar-refractivity contribution is 0.0646. The van der Waals surface area contributed by atoms with Gasteiger partial charge in [0.2, 0.25) is 0 Å². The third-order valence-corrected chi connectivity index (χ3v) is 4.54. The van der Waals surface area contributed by atoms with Crippen LogP contribution < -0.4 is 5.32 Å². The van der Waals surface area contributed by atoms with Crippen LogP contribution in [0.15, 0.2) is 24.3 Å². The van der Waals surface area contributed by atoms with Crippen LogP contribution in [-0.2, 0) is 0 Å². The van der Waals surface area contributed by atoms with Gasteiger partial charge in [0.15, 0.2) is 0 Å². The summed E-state index contributed by atoms with van der Waals surface area (Å²) < 4.78 is 13.2. The topological polar surface area (TPSA) is 15.3 Å². The SMILES string of the molecule is CC1CN(C2CC(c3cccc(F)c3)C2)CC(C)N1.Cl.